The zero-order valence-electron chi connectivity index (χ0n) is 14.6. The van der Waals surface area contributed by atoms with Crippen LogP contribution in [-0.2, 0) is 16.0 Å². The van der Waals surface area contributed by atoms with Gasteiger partial charge in [-0.15, -0.1) is 10.2 Å². The van der Waals surface area contributed by atoms with Crippen LogP contribution in [-0.4, -0.2) is 50.9 Å². The summed E-state index contributed by atoms with van der Waals surface area (Å²) in [6, 6.07) is 6.83. The highest BCUT2D eigenvalue weighted by Crippen LogP contribution is 2.33. The van der Waals surface area contributed by atoms with Crippen LogP contribution in [0.15, 0.2) is 34.2 Å². The summed E-state index contributed by atoms with van der Waals surface area (Å²) >= 11 is 2.67. The zero-order valence-corrected chi connectivity index (χ0v) is 16.2. The molecule has 2 heterocycles. The van der Waals surface area contributed by atoms with Gasteiger partial charge in [0.1, 0.15) is 10.8 Å². The summed E-state index contributed by atoms with van der Waals surface area (Å²) in [6.07, 6.45) is 2.55. The number of aryl methyl sites for hydroxylation is 1. The number of carbonyl (C=O) groups excluding carboxylic acids is 1. The Morgan fingerprint density at radius 1 is 1.33 bits per heavy atom. The molecule has 0 spiro atoms. The normalized spacial score (nSPS) is 17.1. The van der Waals surface area contributed by atoms with Crippen molar-refractivity contribution in [3.05, 3.63) is 39.7 Å². The summed E-state index contributed by atoms with van der Waals surface area (Å²) in [5.41, 5.74) is 0.798. The number of hydrogen-bond acceptors (Lipinski definition) is 8. The van der Waals surface area contributed by atoms with E-state index in [-0.39, 0.29) is 5.91 Å². The average Bonchev–Trinajstić information content (AvgIpc) is 3.22. The predicted octanol–water partition coefficient (Wildman–Crippen LogP) is 2.80. The lowest BCUT2D eigenvalue weighted by atomic mass is 10.2. The number of thioether (sulfide) groups is 1. The van der Waals surface area contributed by atoms with E-state index in [2.05, 4.69) is 15.2 Å². The quantitative estimate of drug-likeness (QED) is 0.738. The molecular weight excluding hydrogens is 388 g/mol. The minimum Gasteiger partial charge on any atom is -0.482 e. The Labute approximate surface area is 163 Å². The van der Waals surface area contributed by atoms with Gasteiger partial charge in [0.05, 0.1) is 4.91 Å². The molecule has 10 heteroatoms. The Morgan fingerprint density at radius 3 is 2.70 bits per heavy atom. The van der Waals surface area contributed by atoms with Crippen LogP contribution in [0.5, 0.6) is 5.75 Å². The molecule has 0 bridgehead atoms. The van der Waals surface area contributed by atoms with Gasteiger partial charge in [0.2, 0.25) is 5.13 Å². The Balaban J connectivity index is 1.74. The van der Waals surface area contributed by atoms with Crippen LogP contribution in [0.4, 0.5) is 5.13 Å². The summed E-state index contributed by atoms with van der Waals surface area (Å²) in [4.78, 5) is 29.4. The van der Waals surface area contributed by atoms with Gasteiger partial charge in [0.15, 0.2) is 11.8 Å². The van der Waals surface area contributed by atoms with Crippen molar-refractivity contribution in [3.63, 3.8) is 0 Å². The maximum Gasteiger partial charge on any atom is 0.341 e. The molecule has 1 aromatic heterocycles. The second-order valence-electron chi connectivity index (χ2n) is 5.45. The number of aliphatic carboxylic acids is 1. The highest BCUT2D eigenvalue weighted by molar-refractivity contribution is 8.18. The summed E-state index contributed by atoms with van der Waals surface area (Å²) in [6.45, 7) is 1.60. The minimum absolute atomic E-state index is 0.148. The number of amidine groups is 1. The van der Waals surface area contributed by atoms with Crippen molar-refractivity contribution in [2.24, 2.45) is 4.99 Å². The SMILES string of the molecule is CCc1nnc(/N=C2/S/C(=C/c3ccc(OCC(=O)O)cc3)C(=O)N2C)s1. The highest BCUT2D eigenvalue weighted by Gasteiger charge is 2.30. The number of rotatable bonds is 6. The summed E-state index contributed by atoms with van der Waals surface area (Å²) in [5.74, 6) is -0.733. The van der Waals surface area contributed by atoms with Crippen LogP contribution in [0.25, 0.3) is 6.08 Å². The molecule has 1 aliphatic rings. The Hall–Kier alpha value is -2.72. The van der Waals surface area contributed by atoms with E-state index in [4.69, 9.17) is 9.84 Å². The van der Waals surface area contributed by atoms with E-state index >= 15 is 0 Å². The van der Waals surface area contributed by atoms with E-state index in [9.17, 15) is 9.59 Å². The number of carboxylic acids is 1. The number of benzene rings is 1. The molecular formula is C17H16N4O4S2. The van der Waals surface area contributed by atoms with E-state index in [1.807, 2.05) is 6.92 Å². The number of aliphatic imine (C=N–C) groups is 1. The summed E-state index contributed by atoms with van der Waals surface area (Å²) in [7, 11) is 1.67. The average molecular weight is 404 g/mol. The van der Waals surface area contributed by atoms with Gasteiger partial charge >= 0.3 is 5.97 Å². The molecule has 2 aromatic rings. The first-order chi connectivity index (χ1) is 13.0. The topological polar surface area (TPSA) is 105 Å². The number of nitrogens with zero attached hydrogens (tertiary/aromatic N) is 4. The lowest BCUT2D eigenvalue weighted by molar-refractivity contribution is -0.139. The van der Waals surface area contributed by atoms with Gasteiger partial charge in [-0.25, -0.2) is 4.79 Å². The van der Waals surface area contributed by atoms with Crippen LogP contribution in [0.3, 0.4) is 0 Å². The van der Waals surface area contributed by atoms with Crippen LogP contribution in [0.1, 0.15) is 17.5 Å². The fourth-order valence-electron chi connectivity index (χ4n) is 2.12. The molecule has 1 aromatic carbocycles. The monoisotopic (exact) mass is 404 g/mol. The summed E-state index contributed by atoms with van der Waals surface area (Å²) in [5, 5.41) is 18.6. The molecule has 8 nitrogen and oxygen atoms in total. The van der Waals surface area contributed by atoms with Crippen molar-refractivity contribution >= 4 is 51.4 Å². The molecule has 0 radical (unpaired) electrons. The molecule has 0 unspecified atom stereocenters. The number of aromatic nitrogens is 2. The second kappa shape index (κ2) is 8.31. The van der Waals surface area contributed by atoms with Crippen molar-refractivity contribution < 1.29 is 19.4 Å². The van der Waals surface area contributed by atoms with E-state index < -0.39 is 12.6 Å². The van der Waals surface area contributed by atoms with Gasteiger partial charge in [0.25, 0.3) is 5.91 Å². The van der Waals surface area contributed by atoms with Crippen LogP contribution in [0.2, 0.25) is 0 Å². The molecule has 0 aliphatic carbocycles. The van der Waals surface area contributed by atoms with E-state index in [1.54, 1.807) is 37.4 Å². The highest BCUT2D eigenvalue weighted by atomic mass is 32.2. The summed E-state index contributed by atoms with van der Waals surface area (Å²) < 4.78 is 5.09. The third-order valence-corrected chi connectivity index (χ3v) is 5.52. The number of likely N-dealkylation sites (N-methyl/N-ethyl adjacent to an activating group) is 1. The molecule has 1 fully saturated rings. The van der Waals surface area contributed by atoms with Gasteiger partial charge in [-0.1, -0.05) is 30.4 Å². The largest absolute Gasteiger partial charge is 0.482 e. The molecule has 27 heavy (non-hydrogen) atoms. The third kappa shape index (κ3) is 4.72. The fourth-order valence-corrected chi connectivity index (χ4v) is 3.80. The Bertz CT molecular complexity index is 921. The maximum absolute atomic E-state index is 12.4. The predicted molar refractivity (Wildman–Crippen MR) is 104 cm³/mol. The number of amides is 1. The standard InChI is InChI=1S/C17H16N4O4S2/c1-3-13-19-20-16(27-13)18-17-21(2)15(24)12(26-17)8-10-4-6-11(7-5-10)25-9-14(22)23/h4-8H,3,9H2,1-2H3,(H,22,23)/b12-8+,18-17+. The lowest BCUT2D eigenvalue weighted by Gasteiger charge is -2.05. The van der Waals surface area contributed by atoms with E-state index in [0.29, 0.717) is 21.0 Å². The third-order valence-electron chi connectivity index (χ3n) is 3.49. The van der Waals surface area contributed by atoms with E-state index in [1.165, 1.54) is 28.0 Å². The number of carboxylic acid groups (broad SMARTS) is 1. The number of hydrogen-bond donors (Lipinski definition) is 1. The Morgan fingerprint density at radius 2 is 2.07 bits per heavy atom. The maximum atomic E-state index is 12.4. The molecule has 1 saturated heterocycles. The van der Waals surface area contributed by atoms with Crippen molar-refractivity contribution in [1.82, 2.24) is 15.1 Å². The Kier molecular flexibility index (Phi) is 5.87. The first-order valence-corrected chi connectivity index (χ1v) is 9.63. The van der Waals surface area contributed by atoms with Gasteiger partial charge in [-0.05, 0) is 42.0 Å². The molecule has 140 valence electrons. The van der Waals surface area contributed by atoms with Crippen molar-refractivity contribution in [3.8, 4) is 5.75 Å². The van der Waals surface area contributed by atoms with Crippen LogP contribution in [0, 0.1) is 0 Å². The second-order valence-corrected chi connectivity index (χ2v) is 7.50. The van der Waals surface area contributed by atoms with Crippen LogP contribution >= 0.6 is 23.1 Å². The van der Waals surface area contributed by atoms with Gasteiger partial charge in [-0.3, -0.25) is 9.69 Å². The molecule has 0 atom stereocenters. The molecule has 3 rings (SSSR count). The molecule has 0 saturated carbocycles. The zero-order chi connectivity index (χ0) is 19.4. The minimum atomic E-state index is -1.04. The van der Waals surface area contributed by atoms with Gasteiger partial charge < -0.3 is 9.84 Å². The molecule has 1 amide bonds. The lowest BCUT2D eigenvalue weighted by Crippen LogP contribution is -2.23. The number of ether oxygens (including phenoxy) is 1. The number of carbonyl (C=O) groups is 2. The van der Waals surface area contributed by atoms with E-state index in [0.717, 1.165) is 17.0 Å². The van der Waals surface area contributed by atoms with Crippen molar-refractivity contribution in [2.45, 2.75) is 13.3 Å². The first-order valence-electron chi connectivity index (χ1n) is 7.99. The molecule has 1 aliphatic heterocycles. The van der Waals surface area contributed by atoms with Crippen molar-refractivity contribution in [2.75, 3.05) is 13.7 Å². The fraction of sp³-hybridized carbons (Fsp3) is 0.235. The molecule has 1 N–H and O–H groups in total. The van der Waals surface area contributed by atoms with Crippen LogP contribution < -0.4 is 4.74 Å². The first kappa shape index (κ1) is 19.1. The van der Waals surface area contributed by atoms with Gasteiger partial charge in [-0.2, -0.15) is 4.99 Å². The van der Waals surface area contributed by atoms with Gasteiger partial charge in [0, 0.05) is 7.05 Å². The van der Waals surface area contributed by atoms with Crippen molar-refractivity contribution in [1.29, 1.82) is 0 Å². The smallest absolute Gasteiger partial charge is 0.341 e.